The minimum absolute atomic E-state index is 0.0619. The van der Waals surface area contributed by atoms with Crippen LogP contribution in [0.1, 0.15) is 15.9 Å². The van der Waals surface area contributed by atoms with E-state index in [1.165, 1.54) is 12.1 Å². The fourth-order valence-corrected chi connectivity index (χ4v) is 1.53. The Kier molecular flexibility index (Phi) is 3.48. The first-order valence-corrected chi connectivity index (χ1v) is 5.40. The summed E-state index contributed by atoms with van der Waals surface area (Å²) in [5, 5.41) is 18.4. The molecule has 0 heterocycles. The first-order chi connectivity index (χ1) is 8.66. The molecule has 0 bridgehead atoms. The zero-order chi connectivity index (χ0) is 13.0. The summed E-state index contributed by atoms with van der Waals surface area (Å²) < 4.78 is 5.41. The third-order valence-electron chi connectivity index (χ3n) is 2.43. The molecule has 0 amide bonds. The Labute approximate surface area is 104 Å². The third kappa shape index (κ3) is 2.79. The number of para-hydroxylation sites is 2. The number of hydrogen-bond acceptors (Lipinski definition) is 3. The van der Waals surface area contributed by atoms with Gasteiger partial charge in [0.2, 0.25) is 0 Å². The van der Waals surface area contributed by atoms with Crippen molar-refractivity contribution in [1.82, 2.24) is 0 Å². The second kappa shape index (κ2) is 5.23. The van der Waals surface area contributed by atoms with Gasteiger partial charge in [0.15, 0.2) is 11.5 Å². The quantitative estimate of drug-likeness (QED) is 0.867. The van der Waals surface area contributed by atoms with Crippen molar-refractivity contribution in [2.24, 2.45) is 0 Å². The summed E-state index contributed by atoms with van der Waals surface area (Å²) >= 11 is 0. The van der Waals surface area contributed by atoms with Crippen molar-refractivity contribution in [2.75, 3.05) is 0 Å². The maximum atomic E-state index is 10.8. The molecule has 0 unspecified atom stereocenters. The van der Waals surface area contributed by atoms with Gasteiger partial charge >= 0.3 is 5.97 Å². The normalized spacial score (nSPS) is 10.0. The van der Waals surface area contributed by atoms with E-state index < -0.39 is 5.97 Å². The SMILES string of the molecule is O=C(O)c1cccc(COc2ccccc2O)c1. The lowest BCUT2D eigenvalue weighted by molar-refractivity contribution is 0.0696. The summed E-state index contributed by atoms with van der Waals surface area (Å²) in [5.74, 6) is -0.537. The lowest BCUT2D eigenvalue weighted by Gasteiger charge is -2.08. The van der Waals surface area contributed by atoms with Crippen molar-refractivity contribution in [3.05, 3.63) is 59.7 Å². The molecule has 0 aromatic heterocycles. The van der Waals surface area contributed by atoms with Crippen LogP contribution in [0.15, 0.2) is 48.5 Å². The molecular weight excluding hydrogens is 232 g/mol. The predicted octanol–water partition coefficient (Wildman–Crippen LogP) is 2.67. The van der Waals surface area contributed by atoms with Crippen LogP contribution in [-0.2, 0) is 6.61 Å². The molecule has 0 atom stereocenters. The van der Waals surface area contributed by atoms with Crippen LogP contribution in [0.2, 0.25) is 0 Å². The van der Waals surface area contributed by atoms with Crippen LogP contribution in [0, 0.1) is 0 Å². The number of rotatable bonds is 4. The molecule has 0 saturated carbocycles. The second-order valence-corrected chi connectivity index (χ2v) is 3.76. The summed E-state index contributed by atoms with van der Waals surface area (Å²) in [5.41, 5.74) is 0.950. The molecule has 0 aliphatic rings. The number of aromatic carboxylic acids is 1. The van der Waals surface area contributed by atoms with Gasteiger partial charge in [-0.2, -0.15) is 0 Å². The van der Waals surface area contributed by atoms with Gasteiger partial charge in [0.1, 0.15) is 6.61 Å². The summed E-state index contributed by atoms with van der Waals surface area (Å²) in [6, 6.07) is 13.1. The molecule has 2 N–H and O–H groups in total. The molecule has 18 heavy (non-hydrogen) atoms. The van der Waals surface area contributed by atoms with E-state index in [2.05, 4.69) is 0 Å². The van der Waals surface area contributed by atoms with E-state index in [1.54, 1.807) is 36.4 Å². The Hall–Kier alpha value is -2.49. The first kappa shape index (κ1) is 12.0. The van der Waals surface area contributed by atoms with Crippen LogP contribution < -0.4 is 4.74 Å². The van der Waals surface area contributed by atoms with Gasteiger partial charge < -0.3 is 14.9 Å². The van der Waals surface area contributed by atoms with E-state index in [0.29, 0.717) is 5.75 Å². The molecule has 4 heteroatoms. The molecule has 0 saturated heterocycles. The number of phenolic OH excluding ortho intramolecular Hbond substituents is 1. The van der Waals surface area contributed by atoms with Gasteiger partial charge in [0.25, 0.3) is 0 Å². The van der Waals surface area contributed by atoms with E-state index in [0.717, 1.165) is 5.56 Å². The number of carbonyl (C=O) groups is 1. The fourth-order valence-electron chi connectivity index (χ4n) is 1.53. The topological polar surface area (TPSA) is 66.8 Å². The highest BCUT2D eigenvalue weighted by Crippen LogP contribution is 2.25. The number of phenols is 1. The molecule has 2 rings (SSSR count). The average Bonchev–Trinajstić information content (AvgIpc) is 2.38. The summed E-state index contributed by atoms with van der Waals surface area (Å²) in [6.45, 7) is 0.207. The standard InChI is InChI=1S/C14H12O4/c15-12-6-1-2-7-13(12)18-9-10-4-3-5-11(8-10)14(16)17/h1-8,15H,9H2,(H,16,17). The van der Waals surface area contributed by atoms with Gasteiger partial charge in [-0.15, -0.1) is 0 Å². The Balaban J connectivity index is 2.09. The summed E-state index contributed by atoms with van der Waals surface area (Å²) in [7, 11) is 0. The van der Waals surface area contributed by atoms with E-state index in [4.69, 9.17) is 9.84 Å². The zero-order valence-corrected chi connectivity index (χ0v) is 9.54. The van der Waals surface area contributed by atoms with E-state index in [1.807, 2.05) is 0 Å². The molecule has 0 radical (unpaired) electrons. The maximum Gasteiger partial charge on any atom is 0.335 e. The highest BCUT2D eigenvalue weighted by Gasteiger charge is 2.05. The van der Waals surface area contributed by atoms with Crippen molar-refractivity contribution in [3.8, 4) is 11.5 Å². The van der Waals surface area contributed by atoms with Crippen LogP contribution in [0.5, 0.6) is 11.5 Å². The molecule has 92 valence electrons. The minimum atomic E-state index is -0.973. The van der Waals surface area contributed by atoms with E-state index in [-0.39, 0.29) is 17.9 Å². The predicted molar refractivity (Wildman–Crippen MR) is 65.8 cm³/mol. The maximum absolute atomic E-state index is 10.8. The van der Waals surface area contributed by atoms with Gasteiger partial charge in [-0.1, -0.05) is 24.3 Å². The molecular formula is C14H12O4. The van der Waals surface area contributed by atoms with Gasteiger partial charge in [0.05, 0.1) is 5.56 Å². The Morgan fingerprint density at radius 2 is 1.89 bits per heavy atom. The number of carboxylic acids is 1. The van der Waals surface area contributed by atoms with Gasteiger partial charge in [-0.05, 0) is 29.8 Å². The largest absolute Gasteiger partial charge is 0.504 e. The highest BCUT2D eigenvalue weighted by atomic mass is 16.5. The lowest BCUT2D eigenvalue weighted by atomic mass is 10.1. The summed E-state index contributed by atoms with van der Waals surface area (Å²) in [6.07, 6.45) is 0. The minimum Gasteiger partial charge on any atom is -0.504 e. The van der Waals surface area contributed by atoms with E-state index in [9.17, 15) is 9.90 Å². The lowest BCUT2D eigenvalue weighted by Crippen LogP contribution is -2.00. The highest BCUT2D eigenvalue weighted by molar-refractivity contribution is 5.87. The monoisotopic (exact) mass is 244 g/mol. The van der Waals surface area contributed by atoms with Gasteiger partial charge in [-0.25, -0.2) is 4.79 Å². The Morgan fingerprint density at radius 3 is 2.61 bits per heavy atom. The van der Waals surface area contributed by atoms with Gasteiger partial charge in [0, 0.05) is 0 Å². The van der Waals surface area contributed by atoms with Crippen LogP contribution >= 0.6 is 0 Å². The Bertz CT molecular complexity index is 563. The third-order valence-corrected chi connectivity index (χ3v) is 2.43. The van der Waals surface area contributed by atoms with Crippen molar-refractivity contribution in [2.45, 2.75) is 6.61 Å². The molecule has 0 spiro atoms. The van der Waals surface area contributed by atoms with Crippen LogP contribution in [-0.4, -0.2) is 16.2 Å². The molecule has 2 aromatic carbocycles. The molecule has 0 aliphatic heterocycles. The number of ether oxygens (including phenoxy) is 1. The molecule has 2 aromatic rings. The van der Waals surface area contributed by atoms with Crippen LogP contribution in [0.25, 0.3) is 0 Å². The number of carboxylic acid groups (broad SMARTS) is 1. The average molecular weight is 244 g/mol. The second-order valence-electron chi connectivity index (χ2n) is 3.76. The molecule has 0 aliphatic carbocycles. The van der Waals surface area contributed by atoms with Crippen molar-refractivity contribution >= 4 is 5.97 Å². The first-order valence-electron chi connectivity index (χ1n) is 5.40. The molecule has 4 nitrogen and oxygen atoms in total. The van der Waals surface area contributed by atoms with Crippen LogP contribution in [0.4, 0.5) is 0 Å². The number of aromatic hydroxyl groups is 1. The van der Waals surface area contributed by atoms with Crippen molar-refractivity contribution in [1.29, 1.82) is 0 Å². The fraction of sp³-hybridized carbons (Fsp3) is 0.0714. The van der Waals surface area contributed by atoms with Crippen molar-refractivity contribution in [3.63, 3.8) is 0 Å². The number of hydrogen-bond donors (Lipinski definition) is 2. The number of benzene rings is 2. The zero-order valence-electron chi connectivity index (χ0n) is 9.54. The van der Waals surface area contributed by atoms with Crippen molar-refractivity contribution < 1.29 is 19.7 Å². The Morgan fingerprint density at radius 1 is 1.11 bits per heavy atom. The van der Waals surface area contributed by atoms with Crippen LogP contribution in [0.3, 0.4) is 0 Å². The van der Waals surface area contributed by atoms with Gasteiger partial charge in [-0.3, -0.25) is 0 Å². The van der Waals surface area contributed by atoms with E-state index >= 15 is 0 Å². The summed E-state index contributed by atoms with van der Waals surface area (Å²) in [4.78, 5) is 10.8. The molecule has 0 fully saturated rings. The smallest absolute Gasteiger partial charge is 0.335 e.